The van der Waals surface area contributed by atoms with Gasteiger partial charge < -0.3 is 10.6 Å². The van der Waals surface area contributed by atoms with Crippen molar-refractivity contribution >= 4 is 34.0 Å². The SMILES string of the molecule is CNCc1cccc(NC(=O)Cc2csc(NC(=O)c3ccccc3)n2)c1. The summed E-state index contributed by atoms with van der Waals surface area (Å²) in [5.41, 5.74) is 3.02. The molecular weight excluding hydrogens is 360 g/mol. The first kappa shape index (κ1) is 18.8. The van der Waals surface area contributed by atoms with Gasteiger partial charge in [-0.15, -0.1) is 11.3 Å². The van der Waals surface area contributed by atoms with Crippen LogP contribution in [0.15, 0.2) is 60.0 Å². The van der Waals surface area contributed by atoms with Gasteiger partial charge in [0.25, 0.3) is 5.91 Å². The molecule has 2 amide bonds. The van der Waals surface area contributed by atoms with E-state index >= 15 is 0 Å². The molecule has 0 atom stereocenters. The fourth-order valence-corrected chi connectivity index (χ4v) is 3.24. The van der Waals surface area contributed by atoms with Crippen LogP contribution in [0.4, 0.5) is 10.8 Å². The van der Waals surface area contributed by atoms with Crippen molar-refractivity contribution in [2.75, 3.05) is 17.7 Å². The topological polar surface area (TPSA) is 83.1 Å². The number of thiazole rings is 1. The highest BCUT2D eigenvalue weighted by atomic mass is 32.1. The van der Waals surface area contributed by atoms with Crippen LogP contribution in [0, 0.1) is 0 Å². The summed E-state index contributed by atoms with van der Waals surface area (Å²) in [6, 6.07) is 16.6. The Bertz CT molecular complexity index is 924. The molecule has 1 heterocycles. The minimum absolute atomic E-state index is 0.147. The summed E-state index contributed by atoms with van der Waals surface area (Å²) in [5.74, 6) is -0.370. The minimum Gasteiger partial charge on any atom is -0.326 e. The molecule has 3 aromatic rings. The summed E-state index contributed by atoms with van der Waals surface area (Å²) in [6.45, 7) is 0.736. The number of hydrogen-bond donors (Lipinski definition) is 3. The van der Waals surface area contributed by atoms with Crippen molar-refractivity contribution in [2.45, 2.75) is 13.0 Å². The molecule has 1 aromatic heterocycles. The van der Waals surface area contributed by atoms with Crippen molar-refractivity contribution in [3.63, 3.8) is 0 Å². The van der Waals surface area contributed by atoms with Gasteiger partial charge in [0.1, 0.15) is 0 Å². The first-order valence-corrected chi connectivity index (χ1v) is 9.36. The molecule has 0 fully saturated rings. The van der Waals surface area contributed by atoms with Crippen molar-refractivity contribution in [3.05, 3.63) is 76.8 Å². The van der Waals surface area contributed by atoms with Gasteiger partial charge in [-0.3, -0.25) is 14.9 Å². The van der Waals surface area contributed by atoms with Gasteiger partial charge in [-0.25, -0.2) is 4.98 Å². The van der Waals surface area contributed by atoms with Crippen LogP contribution in [-0.2, 0) is 17.8 Å². The summed E-state index contributed by atoms with van der Waals surface area (Å²) < 4.78 is 0. The Morgan fingerprint density at radius 2 is 1.85 bits per heavy atom. The highest BCUT2D eigenvalue weighted by molar-refractivity contribution is 7.14. The number of nitrogens with one attached hydrogen (secondary N) is 3. The normalized spacial score (nSPS) is 10.4. The van der Waals surface area contributed by atoms with E-state index in [0.29, 0.717) is 16.4 Å². The maximum absolute atomic E-state index is 12.3. The molecule has 0 radical (unpaired) electrons. The Labute approximate surface area is 161 Å². The molecule has 3 rings (SSSR count). The number of amides is 2. The third-order valence-electron chi connectivity index (χ3n) is 3.74. The zero-order valence-corrected chi connectivity index (χ0v) is 15.7. The van der Waals surface area contributed by atoms with E-state index in [2.05, 4.69) is 20.9 Å². The maximum Gasteiger partial charge on any atom is 0.257 e. The van der Waals surface area contributed by atoms with Crippen LogP contribution in [0.1, 0.15) is 21.6 Å². The fraction of sp³-hybridized carbons (Fsp3) is 0.150. The van der Waals surface area contributed by atoms with E-state index in [0.717, 1.165) is 17.8 Å². The predicted octanol–water partition coefficient (Wildman–Crippen LogP) is 3.30. The van der Waals surface area contributed by atoms with Gasteiger partial charge in [0.15, 0.2) is 5.13 Å². The molecule has 0 aliphatic heterocycles. The number of nitrogens with zero attached hydrogens (tertiary/aromatic N) is 1. The molecule has 0 saturated carbocycles. The molecule has 0 bridgehead atoms. The Balaban J connectivity index is 1.56. The van der Waals surface area contributed by atoms with Gasteiger partial charge >= 0.3 is 0 Å². The van der Waals surface area contributed by atoms with E-state index in [-0.39, 0.29) is 18.2 Å². The average molecular weight is 380 g/mol. The smallest absolute Gasteiger partial charge is 0.257 e. The van der Waals surface area contributed by atoms with Gasteiger partial charge in [-0.1, -0.05) is 30.3 Å². The standard InChI is InChI=1S/C20H20N4O2S/c1-21-12-14-6-5-9-16(10-14)22-18(25)11-17-13-27-20(23-17)24-19(26)15-7-3-2-4-8-15/h2-10,13,21H,11-12H2,1H3,(H,22,25)(H,23,24,26). The lowest BCUT2D eigenvalue weighted by molar-refractivity contribution is -0.115. The third-order valence-corrected chi connectivity index (χ3v) is 4.55. The van der Waals surface area contributed by atoms with Crippen LogP contribution >= 0.6 is 11.3 Å². The van der Waals surface area contributed by atoms with Crippen LogP contribution in [-0.4, -0.2) is 23.8 Å². The third kappa shape index (κ3) is 5.47. The van der Waals surface area contributed by atoms with Crippen molar-refractivity contribution in [1.29, 1.82) is 0 Å². The number of rotatable bonds is 7. The monoisotopic (exact) mass is 380 g/mol. The first-order chi connectivity index (χ1) is 13.1. The maximum atomic E-state index is 12.3. The Kier molecular flexibility index (Phi) is 6.30. The largest absolute Gasteiger partial charge is 0.326 e. The number of aromatic nitrogens is 1. The Morgan fingerprint density at radius 1 is 1.04 bits per heavy atom. The molecule has 2 aromatic carbocycles. The minimum atomic E-state index is -0.220. The lowest BCUT2D eigenvalue weighted by atomic mass is 10.2. The molecule has 6 nitrogen and oxygen atoms in total. The van der Waals surface area contributed by atoms with E-state index < -0.39 is 0 Å². The molecule has 0 unspecified atom stereocenters. The van der Waals surface area contributed by atoms with E-state index in [9.17, 15) is 9.59 Å². The van der Waals surface area contributed by atoms with Crippen molar-refractivity contribution < 1.29 is 9.59 Å². The molecule has 3 N–H and O–H groups in total. The number of anilines is 2. The molecular formula is C20H20N4O2S. The van der Waals surface area contributed by atoms with Crippen molar-refractivity contribution in [3.8, 4) is 0 Å². The molecule has 138 valence electrons. The number of hydrogen-bond acceptors (Lipinski definition) is 5. The highest BCUT2D eigenvalue weighted by Gasteiger charge is 2.11. The van der Waals surface area contributed by atoms with E-state index in [1.165, 1.54) is 11.3 Å². The predicted molar refractivity (Wildman–Crippen MR) is 108 cm³/mol. The Hall–Kier alpha value is -3.03. The number of carbonyl (C=O) groups is 2. The van der Waals surface area contributed by atoms with Crippen LogP contribution in [0.3, 0.4) is 0 Å². The number of carbonyl (C=O) groups excluding carboxylic acids is 2. The number of benzene rings is 2. The highest BCUT2D eigenvalue weighted by Crippen LogP contribution is 2.18. The van der Waals surface area contributed by atoms with Gasteiger partial charge in [-0.2, -0.15) is 0 Å². The summed E-state index contributed by atoms with van der Waals surface area (Å²) in [5, 5.41) is 11.0. The average Bonchev–Trinajstić information content (AvgIpc) is 3.09. The summed E-state index contributed by atoms with van der Waals surface area (Å²) in [7, 11) is 1.88. The second-order valence-electron chi connectivity index (χ2n) is 5.92. The second-order valence-corrected chi connectivity index (χ2v) is 6.78. The lowest BCUT2D eigenvalue weighted by Gasteiger charge is -2.06. The summed E-state index contributed by atoms with van der Waals surface area (Å²) in [6.07, 6.45) is 0.147. The van der Waals surface area contributed by atoms with E-state index in [1.54, 1.807) is 29.6 Å². The summed E-state index contributed by atoms with van der Waals surface area (Å²) >= 11 is 1.30. The Morgan fingerprint density at radius 3 is 2.63 bits per heavy atom. The quantitative estimate of drug-likeness (QED) is 0.587. The van der Waals surface area contributed by atoms with Gasteiger partial charge in [0.2, 0.25) is 5.91 Å². The van der Waals surface area contributed by atoms with Gasteiger partial charge in [-0.05, 0) is 36.9 Å². The first-order valence-electron chi connectivity index (χ1n) is 8.48. The summed E-state index contributed by atoms with van der Waals surface area (Å²) in [4.78, 5) is 28.7. The van der Waals surface area contributed by atoms with Crippen LogP contribution in [0.25, 0.3) is 0 Å². The fourth-order valence-electron chi connectivity index (χ4n) is 2.54. The van der Waals surface area contributed by atoms with Gasteiger partial charge in [0, 0.05) is 23.2 Å². The van der Waals surface area contributed by atoms with Crippen LogP contribution < -0.4 is 16.0 Å². The molecule has 0 saturated heterocycles. The molecule has 0 aliphatic carbocycles. The second kappa shape index (κ2) is 9.07. The molecule has 0 aliphatic rings. The van der Waals surface area contributed by atoms with Crippen molar-refractivity contribution in [1.82, 2.24) is 10.3 Å². The van der Waals surface area contributed by atoms with E-state index in [1.807, 2.05) is 37.4 Å². The zero-order chi connectivity index (χ0) is 19.1. The lowest BCUT2D eigenvalue weighted by Crippen LogP contribution is -2.15. The van der Waals surface area contributed by atoms with Crippen molar-refractivity contribution in [2.24, 2.45) is 0 Å². The van der Waals surface area contributed by atoms with Crippen LogP contribution in [0.2, 0.25) is 0 Å². The van der Waals surface area contributed by atoms with Crippen LogP contribution in [0.5, 0.6) is 0 Å². The van der Waals surface area contributed by atoms with Gasteiger partial charge in [0.05, 0.1) is 12.1 Å². The molecule has 27 heavy (non-hydrogen) atoms. The molecule has 0 spiro atoms. The zero-order valence-electron chi connectivity index (χ0n) is 14.9. The van der Waals surface area contributed by atoms with E-state index in [4.69, 9.17) is 0 Å². The molecule has 7 heteroatoms.